The number of methoxy groups -OCH3 is 1. The number of amides is 3. The molecule has 0 heterocycles. The summed E-state index contributed by atoms with van der Waals surface area (Å²) in [6, 6.07) is 72.6. The van der Waals surface area contributed by atoms with Crippen LogP contribution < -0.4 is 28.9 Å². The van der Waals surface area contributed by atoms with E-state index in [1.807, 2.05) is 97.9 Å². The molecule has 0 spiro atoms. The summed E-state index contributed by atoms with van der Waals surface area (Å²) in [5.41, 5.74) is 4.89. The molecule has 0 radical (unpaired) electrons. The van der Waals surface area contributed by atoms with Crippen molar-refractivity contribution in [1.29, 1.82) is 0 Å². The Balaban J connectivity index is 0.000000188. The van der Waals surface area contributed by atoms with Crippen LogP contribution in [0, 0.1) is 0 Å². The minimum Gasteiger partial charge on any atom is -0.395 e. The van der Waals surface area contributed by atoms with Gasteiger partial charge in [0.1, 0.15) is 0 Å². The van der Waals surface area contributed by atoms with Gasteiger partial charge in [0.15, 0.2) is 0 Å². The molecule has 9 aromatic carbocycles. The first kappa shape index (κ1) is 66.1. The first-order valence-corrected chi connectivity index (χ1v) is 32.5. The summed E-state index contributed by atoms with van der Waals surface area (Å²) in [6.07, 6.45) is 0.827. The molecule has 4 N–H and O–H groups in total. The van der Waals surface area contributed by atoms with E-state index in [0.29, 0.717) is 53.4 Å². The third-order valence-electron chi connectivity index (χ3n) is 13.2. The van der Waals surface area contributed by atoms with Crippen molar-refractivity contribution in [2.45, 2.75) is 47.7 Å². The number of sulfonamides is 3. The van der Waals surface area contributed by atoms with Crippen molar-refractivity contribution in [1.82, 2.24) is 16.0 Å². The van der Waals surface area contributed by atoms with Crippen LogP contribution in [0.3, 0.4) is 0 Å². The first-order chi connectivity index (χ1) is 42.6. The van der Waals surface area contributed by atoms with Crippen molar-refractivity contribution in [2.24, 2.45) is 0 Å². The van der Waals surface area contributed by atoms with Crippen LogP contribution in [0.1, 0.15) is 61.1 Å². The number of benzene rings is 9. The van der Waals surface area contributed by atoms with Gasteiger partial charge < -0.3 is 25.8 Å². The quantitative estimate of drug-likeness (QED) is 0.0393. The Morgan fingerprint density at radius 2 is 0.648 bits per heavy atom. The average Bonchev–Trinajstić information content (AvgIpc) is 2.44. The van der Waals surface area contributed by atoms with E-state index >= 15 is 0 Å². The number of carbonyl (C=O) groups is 3. The Morgan fingerprint density at radius 3 is 0.920 bits per heavy atom. The largest absolute Gasteiger partial charge is 0.395 e. The molecule has 17 nitrogen and oxygen atoms in total. The standard InChI is InChI=1S/C23H24N2O4S.C23H24N2O3S.C22H22N2O4S/c1-29-16-15-24-23(26)20-11-8-12-21(17-20)25(18-19-9-4-2-5-10-19)30(27,28)22-13-6-3-7-14-22;1-2-16-24-23(26)20-12-9-13-21(17-20)25(18-19-10-5-3-6-11-19)29(27,28)22-14-7-4-8-15-22;25-15-14-23-22(26)19-10-7-11-20(16-19)24(17-18-8-3-1-4-9-18)29(27,28)21-12-5-2-6-13-21/h2-14,17H,15-16,18H2,1H3,(H,24,26);3-15,17H,2,16,18H2,1H3,(H,24,26);1-13,16,25H,14-15,17H2,(H,23,26). The lowest BCUT2D eigenvalue weighted by Gasteiger charge is -2.25. The van der Waals surface area contributed by atoms with Crippen LogP contribution >= 0.6 is 0 Å². The summed E-state index contributed by atoms with van der Waals surface area (Å²) in [5, 5.41) is 17.1. The number of rotatable bonds is 25. The second-order valence-corrected chi connectivity index (χ2v) is 25.2. The molecule has 0 bridgehead atoms. The predicted octanol–water partition coefficient (Wildman–Crippen LogP) is 10.5. The van der Waals surface area contributed by atoms with Gasteiger partial charge in [-0.3, -0.25) is 27.3 Å². The van der Waals surface area contributed by atoms with Gasteiger partial charge in [0.05, 0.1) is 64.6 Å². The molecule has 0 aliphatic carbocycles. The lowest BCUT2D eigenvalue weighted by atomic mass is 10.1. The van der Waals surface area contributed by atoms with Gasteiger partial charge in [-0.2, -0.15) is 0 Å². The molecular weight excluding hydrogens is 1170 g/mol. The molecule has 456 valence electrons. The van der Waals surface area contributed by atoms with Crippen LogP contribution in [0.15, 0.2) is 269 Å². The van der Waals surface area contributed by atoms with Crippen LogP contribution in [0.4, 0.5) is 17.1 Å². The van der Waals surface area contributed by atoms with E-state index in [2.05, 4.69) is 16.0 Å². The summed E-state index contributed by atoms with van der Waals surface area (Å²) in [5.74, 6) is -0.881. The van der Waals surface area contributed by atoms with E-state index in [-0.39, 0.29) is 65.2 Å². The Labute approximate surface area is 516 Å². The van der Waals surface area contributed by atoms with Crippen LogP contribution in [0.25, 0.3) is 0 Å². The Morgan fingerprint density at radius 1 is 0.375 bits per heavy atom. The van der Waals surface area contributed by atoms with Crippen molar-refractivity contribution < 1.29 is 49.5 Å². The molecule has 0 aromatic heterocycles. The number of hydrogen-bond donors (Lipinski definition) is 4. The maximum Gasteiger partial charge on any atom is 0.264 e. The zero-order valence-corrected chi connectivity index (χ0v) is 51.2. The van der Waals surface area contributed by atoms with Gasteiger partial charge in [-0.15, -0.1) is 0 Å². The summed E-state index contributed by atoms with van der Waals surface area (Å²) < 4.78 is 89.4. The number of aliphatic hydroxyl groups excluding tert-OH is 1. The molecule has 88 heavy (non-hydrogen) atoms. The van der Waals surface area contributed by atoms with Gasteiger partial charge in [-0.05, 0) is 114 Å². The van der Waals surface area contributed by atoms with Crippen molar-refractivity contribution in [2.75, 3.05) is 52.9 Å². The molecule has 0 saturated carbocycles. The normalized spacial score (nSPS) is 11.1. The second-order valence-electron chi connectivity index (χ2n) is 19.6. The third kappa shape index (κ3) is 18.5. The second kappa shape index (κ2) is 32.9. The third-order valence-corrected chi connectivity index (χ3v) is 18.6. The molecule has 0 atom stereocenters. The van der Waals surface area contributed by atoms with E-state index in [4.69, 9.17) is 9.84 Å². The highest BCUT2D eigenvalue weighted by molar-refractivity contribution is 7.93. The van der Waals surface area contributed by atoms with Gasteiger partial charge in [-0.25, -0.2) is 25.3 Å². The monoisotopic (exact) mass is 1240 g/mol. The minimum absolute atomic E-state index is 0.124. The molecule has 0 aliphatic heterocycles. The van der Waals surface area contributed by atoms with E-state index < -0.39 is 30.1 Å². The summed E-state index contributed by atoms with van der Waals surface area (Å²) >= 11 is 0. The van der Waals surface area contributed by atoms with E-state index in [9.17, 15) is 39.6 Å². The van der Waals surface area contributed by atoms with Crippen molar-refractivity contribution in [3.8, 4) is 0 Å². The highest BCUT2D eigenvalue weighted by Crippen LogP contribution is 2.30. The number of carbonyl (C=O) groups excluding carboxylic acids is 3. The molecule has 9 aromatic rings. The van der Waals surface area contributed by atoms with E-state index in [0.717, 1.165) is 23.1 Å². The lowest BCUT2D eigenvalue weighted by Crippen LogP contribution is -2.31. The summed E-state index contributed by atoms with van der Waals surface area (Å²) in [6.45, 7) is 3.70. The Kier molecular flexibility index (Phi) is 24.7. The SMILES string of the molecule is CCCNC(=O)c1cccc(N(Cc2ccccc2)S(=O)(=O)c2ccccc2)c1.COCCNC(=O)c1cccc(N(Cc2ccccc2)S(=O)(=O)c2ccccc2)c1.O=C(NCCO)c1cccc(N(Cc2ccccc2)S(=O)(=O)c2ccccc2)c1. The topological polar surface area (TPSA) is 229 Å². The fourth-order valence-electron chi connectivity index (χ4n) is 8.74. The summed E-state index contributed by atoms with van der Waals surface area (Å²) in [4.78, 5) is 37.6. The van der Waals surface area contributed by atoms with Crippen molar-refractivity contribution in [3.63, 3.8) is 0 Å². The number of nitrogens with one attached hydrogen (secondary N) is 3. The molecule has 3 amide bonds. The average molecular weight is 1240 g/mol. The lowest BCUT2D eigenvalue weighted by molar-refractivity contribution is 0.0932. The first-order valence-electron chi connectivity index (χ1n) is 28.2. The summed E-state index contributed by atoms with van der Waals surface area (Å²) in [7, 11) is -9.94. The highest BCUT2D eigenvalue weighted by atomic mass is 32.2. The van der Waals surface area contributed by atoms with Gasteiger partial charge in [0.25, 0.3) is 47.8 Å². The fourth-order valence-corrected chi connectivity index (χ4v) is 13.1. The van der Waals surface area contributed by atoms with Crippen molar-refractivity contribution in [3.05, 3.63) is 288 Å². The highest BCUT2D eigenvalue weighted by Gasteiger charge is 2.29. The maximum atomic E-state index is 13.4. The zero-order valence-electron chi connectivity index (χ0n) is 48.7. The predicted molar refractivity (Wildman–Crippen MR) is 344 cm³/mol. The molecule has 0 saturated heterocycles. The van der Waals surface area contributed by atoms with Crippen LogP contribution in [0.5, 0.6) is 0 Å². The van der Waals surface area contributed by atoms with Gasteiger partial charge >= 0.3 is 0 Å². The molecule has 0 aliphatic rings. The smallest absolute Gasteiger partial charge is 0.264 e. The Hall–Kier alpha value is -9.44. The van der Waals surface area contributed by atoms with Crippen LogP contribution in [-0.4, -0.2) is 88.0 Å². The number of aliphatic hydroxyl groups is 1. The molecule has 0 fully saturated rings. The number of anilines is 3. The minimum atomic E-state index is -3.85. The Bertz CT molecular complexity index is 3840. The van der Waals surface area contributed by atoms with E-state index in [1.165, 1.54) is 19.0 Å². The van der Waals surface area contributed by atoms with Crippen LogP contribution in [-0.2, 0) is 54.4 Å². The molecule has 20 heteroatoms. The molecule has 0 unspecified atom stereocenters. The number of hydrogen-bond acceptors (Lipinski definition) is 11. The zero-order chi connectivity index (χ0) is 62.8. The van der Waals surface area contributed by atoms with Crippen LogP contribution in [0.2, 0.25) is 0 Å². The molecule has 9 rings (SSSR count). The fraction of sp³-hybridized carbons (Fsp3) is 0.162. The van der Waals surface area contributed by atoms with Gasteiger partial charge in [0, 0.05) is 43.4 Å². The van der Waals surface area contributed by atoms with Gasteiger partial charge in [0.2, 0.25) is 0 Å². The van der Waals surface area contributed by atoms with Crippen molar-refractivity contribution >= 4 is 64.9 Å². The molecular formula is C68H70N6O11S3. The van der Waals surface area contributed by atoms with E-state index in [1.54, 1.807) is 165 Å². The number of ether oxygens (including phenoxy) is 1. The van der Waals surface area contributed by atoms with Gasteiger partial charge in [-0.1, -0.05) is 171 Å². The number of nitrogens with zero attached hydrogens (tertiary/aromatic N) is 3. The maximum absolute atomic E-state index is 13.4.